The van der Waals surface area contributed by atoms with Gasteiger partial charge in [-0.1, -0.05) is 19.1 Å². The number of hydrogen-bond donors (Lipinski definition) is 4. The standard InChI is InChI=1S/C14H23N3O3/c1-2-11-4-3-5-13(8-11)20-10-12(18)9-16-6-7-17-14(15)19/h3-5,8,12,16,18H,2,6-7,9-10H2,1H3,(H3,15,17,19). The van der Waals surface area contributed by atoms with Gasteiger partial charge in [0, 0.05) is 19.6 Å². The summed E-state index contributed by atoms with van der Waals surface area (Å²) < 4.78 is 5.53. The van der Waals surface area contributed by atoms with Gasteiger partial charge in [0.05, 0.1) is 0 Å². The summed E-state index contributed by atoms with van der Waals surface area (Å²) in [6.45, 7) is 3.68. The molecule has 0 heterocycles. The number of carbonyl (C=O) groups excluding carboxylic acids is 1. The number of carbonyl (C=O) groups is 1. The molecule has 0 fully saturated rings. The zero-order valence-electron chi connectivity index (χ0n) is 11.8. The first-order valence-corrected chi connectivity index (χ1v) is 6.75. The van der Waals surface area contributed by atoms with Crippen LogP contribution in [0.3, 0.4) is 0 Å². The predicted molar refractivity (Wildman–Crippen MR) is 77.8 cm³/mol. The number of nitrogens with two attached hydrogens (primary N) is 1. The molecule has 1 rings (SSSR count). The monoisotopic (exact) mass is 281 g/mol. The fraction of sp³-hybridized carbons (Fsp3) is 0.500. The van der Waals surface area contributed by atoms with Gasteiger partial charge >= 0.3 is 6.03 Å². The van der Waals surface area contributed by atoms with Crippen molar-refractivity contribution in [1.82, 2.24) is 10.6 Å². The average molecular weight is 281 g/mol. The minimum absolute atomic E-state index is 0.226. The first kappa shape index (κ1) is 16.3. The van der Waals surface area contributed by atoms with Crippen molar-refractivity contribution in [3.8, 4) is 5.75 Å². The third-order valence-corrected chi connectivity index (χ3v) is 2.73. The zero-order valence-corrected chi connectivity index (χ0v) is 11.8. The number of aryl methyl sites for hydroxylation is 1. The minimum Gasteiger partial charge on any atom is -0.491 e. The molecule has 0 aliphatic rings. The first-order chi connectivity index (χ1) is 9.61. The molecule has 112 valence electrons. The van der Waals surface area contributed by atoms with Crippen molar-refractivity contribution in [2.45, 2.75) is 19.4 Å². The Morgan fingerprint density at radius 2 is 2.25 bits per heavy atom. The summed E-state index contributed by atoms with van der Waals surface area (Å²) in [5.41, 5.74) is 6.12. The highest BCUT2D eigenvalue weighted by atomic mass is 16.5. The molecule has 0 aromatic heterocycles. The molecule has 0 aliphatic carbocycles. The molecule has 0 bridgehead atoms. The molecule has 1 aromatic carbocycles. The largest absolute Gasteiger partial charge is 0.491 e. The highest BCUT2D eigenvalue weighted by Crippen LogP contribution is 2.13. The molecule has 20 heavy (non-hydrogen) atoms. The maximum Gasteiger partial charge on any atom is 0.312 e. The lowest BCUT2D eigenvalue weighted by molar-refractivity contribution is 0.106. The molecule has 1 atom stereocenters. The van der Waals surface area contributed by atoms with Gasteiger partial charge in [-0.3, -0.25) is 0 Å². The molecule has 0 radical (unpaired) electrons. The normalized spacial score (nSPS) is 11.9. The van der Waals surface area contributed by atoms with Crippen LogP contribution < -0.4 is 21.1 Å². The third kappa shape index (κ3) is 6.96. The van der Waals surface area contributed by atoms with Crippen LogP contribution in [0, 0.1) is 0 Å². The van der Waals surface area contributed by atoms with E-state index in [0.717, 1.165) is 12.2 Å². The molecular weight excluding hydrogens is 258 g/mol. The van der Waals surface area contributed by atoms with Crippen LogP contribution in [0.4, 0.5) is 4.79 Å². The van der Waals surface area contributed by atoms with Gasteiger partial charge in [0.2, 0.25) is 0 Å². The maximum absolute atomic E-state index is 10.4. The van der Waals surface area contributed by atoms with E-state index in [1.165, 1.54) is 5.56 Å². The lowest BCUT2D eigenvalue weighted by atomic mass is 10.2. The Hall–Kier alpha value is -1.79. The number of aliphatic hydroxyl groups is 1. The topological polar surface area (TPSA) is 96.6 Å². The van der Waals surface area contributed by atoms with E-state index in [4.69, 9.17) is 10.5 Å². The van der Waals surface area contributed by atoms with Crippen molar-refractivity contribution in [2.24, 2.45) is 5.73 Å². The molecule has 0 spiro atoms. The van der Waals surface area contributed by atoms with Gasteiger partial charge < -0.3 is 26.2 Å². The van der Waals surface area contributed by atoms with Crippen LogP contribution in [-0.2, 0) is 6.42 Å². The Balaban J connectivity index is 2.15. The molecule has 1 unspecified atom stereocenters. The number of rotatable bonds is 9. The van der Waals surface area contributed by atoms with E-state index in [-0.39, 0.29) is 6.61 Å². The van der Waals surface area contributed by atoms with Gasteiger partial charge in [-0.05, 0) is 24.1 Å². The van der Waals surface area contributed by atoms with Crippen LogP contribution in [0.5, 0.6) is 5.75 Å². The molecule has 6 heteroatoms. The Morgan fingerprint density at radius 1 is 1.45 bits per heavy atom. The quantitative estimate of drug-likeness (QED) is 0.488. The van der Waals surface area contributed by atoms with Crippen LogP contribution in [0.2, 0.25) is 0 Å². The fourth-order valence-corrected chi connectivity index (χ4v) is 1.65. The summed E-state index contributed by atoms with van der Waals surface area (Å²) in [7, 11) is 0. The van der Waals surface area contributed by atoms with Gasteiger partial charge in [-0.15, -0.1) is 0 Å². The van der Waals surface area contributed by atoms with E-state index < -0.39 is 12.1 Å². The van der Waals surface area contributed by atoms with Crippen LogP contribution >= 0.6 is 0 Å². The summed E-state index contributed by atoms with van der Waals surface area (Å²) in [6, 6.07) is 7.27. The van der Waals surface area contributed by atoms with Gasteiger partial charge in [-0.2, -0.15) is 0 Å². The summed E-state index contributed by atoms with van der Waals surface area (Å²) in [4.78, 5) is 10.4. The summed E-state index contributed by atoms with van der Waals surface area (Å²) in [6.07, 6.45) is 0.350. The highest BCUT2D eigenvalue weighted by Gasteiger charge is 2.05. The van der Waals surface area contributed by atoms with E-state index in [0.29, 0.717) is 19.6 Å². The number of aliphatic hydroxyl groups excluding tert-OH is 1. The molecule has 5 N–H and O–H groups in total. The fourth-order valence-electron chi connectivity index (χ4n) is 1.65. The van der Waals surface area contributed by atoms with Crippen molar-refractivity contribution in [3.05, 3.63) is 29.8 Å². The second-order valence-electron chi connectivity index (χ2n) is 4.46. The molecule has 0 saturated heterocycles. The van der Waals surface area contributed by atoms with Crippen LogP contribution in [0.15, 0.2) is 24.3 Å². The van der Waals surface area contributed by atoms with E-state index in [1.807, 2.05) is 24.3 Å². The van der Waals surface area contributed by atoms with Crippen molar-refractivity contribution >= 4 is 6.03 Å². The third-order valence-electron chi connectivity index (χ3n) is 2.73. The first-order valence-electron chi connectivity index (χ1n) is 6.75. The lowest BCUT2D eigenvalue weighted by Gasteiger charge is -2.13. The van der Waals surface area contributed by atoms with Gasteiger partial charge in [0.1, 0.15) is 18.5 Å². The van der Waals surface area contributed by atoms with Crippen LogP contribution in [0.25, 0.3) is 0 Å². The minimum atomic E-state index is -0.603. The second kappa shape index (κ2) is 9.17. The van der Waals surface area contributed by atoms with Gasteiger partial charge in [-0.25, -0.2) is 4.79 Å². The number of nitrogens with one attached hydrogen (secondary N) is 2. The van der Waals surface area contributed by atoms with Gasteiger partial charge in [0.25, 0.3) is 0 Å². The lowest BCUT2D eigenvalue weighted by Crippen LogP contribution is -2.38. The predicted octanol–water partition coefficient (Wildman–Crippen LogP) is 0.247. The molecule has 6 nitrogen and oxygen atoms in total. The molecule has 2 amide bonds. The average Bonchev–Trinajstić information content (AvgIpc) is 2.44. The molecule has 0 saturated carbocycles. The van der Waals surface area contributed by atoms with Crippen molar-refractivity contribution in [2.75, 3.05) is 26.2 Å². The SMILES string of the molecule is CCc1cccc(OCC(O)CNCCNC(N)=O)c1. The Kier molecular flexibility index (Phi) is 7.46. The van der Waals surface area contributed by atoms with E-state index in [2.05, 4.69) is 17.6 Å². The summed E-state index contributed by atoms with van der Waals surface area (Å²) in [5.74, 6) is 0.763. The molecule has 0 aliphatic heterocycles. The smallest absolute Gasteiger partial charge is 0.312 e. The van der Waals surface area contributed by atoms with Crippen LogP contribution in [0.1, 0.15) is 12.5 Å². The van der Waals surface area contributed by atoms with E-state index in [9.17, 15) is 9.90 Å². The Morgan fingerprint density at radius 3 is 2.95 bits per heavy atom. The number of hydrogen-bond acceptors (Lipinski definition) is 4. The number of amides is 2. The summed E-state index contributed by atoms with van der Waals surface area (Å²) in [5, 5.41) is 15.2. The van der Waals surface area contributed by atoms with E-state index >= 15 is 0 Å². The van der Waals surface area contributed by atoms with E-state index in [1.54, 1.807) is 0 Å². The highest BCUT2D eigenvalue weighted by molar-refractivity contribution is 5.71. The number of benzene rings is 1. The molecular formula is C14H23N3O3. The maximum atomic E-state index is 10.4. The van der Waals surface area contributed by atoms with Crippen molar-refractivity contribution in [3.63, 3.8) is 0 Å². The number of urea groups is 1. The van der Waals surface area contributed by atoms with Gasteiger partial charge in [0.15, 0.2) is 0 Å². The molecule has 1 aromatic rings. The zero-order chi connectivity index (χ0) is 14.8. The van der Waals surface area contributed by atoms with Crippen molar-refractivity contribution in [1.29, 1.82) is 0 Å². The Labute approximate surface area is 119 Å². The Bertz CT molecular complexity index is 412. The van der Waals surface area contributed by atoms with Crippen LogP contribution in [-0.4, -0.2) is 43.5 Å². The number of ether oxygens (including phenoxy) is 1. The van der Waals surface area contributed by atoms with Crippen molar-refractivity contribution < 1.29 is 14.6 Å². The second-order valence-corrected chi connectivity index (χ2v) is 4.46. The number of primary amides is 1. The summed E-state index contributed by atoms with van der Waals surface area (Å²) >= 11 is 0.